The van der Waals surface area contributed by atoms with E-state index in [-0.39, 0.29) is 11.7 Å². The predicted molar refractivity (Wildman–Crippen MR) is 82.9 cm³/mol. The van der Waals surface area contributed by atoms with Crippen LogP contribution >= 0.6 is 0 Å². The third-order valence-electron chi connectivity index (χ3n) is 3.29. The Kier molecular flexibility index (Phi) is 4.73. The first-order chi connectivity index (χ1) is 10.5. The summed E-state index contributed by atoms with van der Waals surface area (Å²) in [5, 5.41) is 14.0. The van der Waals surface area contributed by atoms with Crippen LogP contribution in [-0.4, -0.2) is 18.0 Å². The molecule has 0 aliphatic rings. The van der Waals surface area contributed by atoms with Crippen LogP contribution < -0.4 is 5.32 Å². The number of carbonyl (C=O) groups is 1. The van der Waals surface area contributed by atoms with Crippen LogP contribution in [0.25, 0.3) is 0 Å². The maximum absolute atomic E-state index is 11.3. The number of aryl methyl sites for hydroxylation is 1. The highest BCUT2D eigenvalue weighted by molar-refractivity contribution is 5.89. The Balaban J connectivity index is 2.08. The van der Waals surface area contributed by atoms with Gasteiger partial charge in [0.25, 0.3) is 5.69 Å². The number of nitro benzene ring substituents is 1. The van der Waals surface area contributed by atoms with Crippen LogP contribution in [0.5, 0.6) is 0 Å². The summed E-state index contributed by atoms with van der Waals surface area (Å²) >= 11 is 0. The van der Waals surface area contributed by atoms with Crippen LogP contribution in [0.4, 0.5) is 11.4 Å². The molecule has 0 atom stereocenters. The minimum Gasteiger partial charge on any atom is -0.465 e. The molecule has 114 valence electrons. The number of hydrogen-bond acceptors (Lipinski definition) is 5. The van der Waals surface area contributed by atoms with Crippen molar-refractivity contribution in [3.05, 3.63) is 69.3 Å². The second-order valence-corrected chi connectivity index (χ2v) is 4.80. The van der Waals surface area contributed by atoms with Gasteiger partial charge in [-0.05, 0) is 30.2 Å². The number of ether oxygens (including phenoxy) is 1. The van der Waals surface area contributed by atoms with E-state index in [0.717, 1.165) is 11.1 Å². The Hall–Kier alpha value is -2.89. The molecule has 6 heteroatoms. The number of methoxy groups -OCH3 is 1. The molecule has 2 aromatic carbocycles. The summed E-state index contributed by atoms with van der Waals surface area (Å²) in [5.74, 6) is -0.381. The van der Waals surface area contributed by atoms with Crippen molar-refractivity contribution in [3.63, 3.8) is 0 Å². The Morgan fingerprint density at radius 3 is 2.50 bits per heavy atom. The number of nitro groups is 1. The fourth-order valence-electron chi connectivity index (χ4n) is 1.99. The number of non-ortho nitro benzene ring substituents is 1. The lowest BCUT2D eigenvalue weighted by molar-refractivity contribution is -0.384. The van der Waals surface area contributed by atoms with Gasteiger partial charge in [-0.1, -0.05) is 18.2 Å². The first kappa shape index (κ1) is 15.5. The summed E-state index contributed by atoms with van der Waals surface area (Å²) in [5.41, 5.74) is 3.13. The summed E-state index contributed by atoms with van der Waals surface area (Å²) in [6.07, 6.45) is 0. The lowest BCUT2D eigenvalue weighted by Gasteiger charge is -2.10. The maximum Gasteiger partial charge on any atom is 0.337 e. The highest BCUT2D eigenvalue weighted by atomic mass is 16.6. The molecule has 0 amide bonds. The topological polar surface area (TPSA) is 81.5 Å². The fourth-order valence-corrected chi connectivity index (χ4v) is 1.99. The van der Waals surface area contributed by atoms with Gasteiger partial charge in [-0.25, -0.2) is 4.79 Å². The Labute approximate surface area is 127 Å². The first-order valence-electron chi connectivity index (χ1n) is 6.67. The van der Waals surface area contributed by atoms with Crippen molar-refractivity contribution in [2.24, 2.45) is 0 Å². The van der Waals surface area contributed by atoms with Crippen molar-refractivity contribution < 1.29 is 14.5 Å². The van der Waals surface area contributed by atoms with Crippen LogP contribution in [0.1, 0.15) is 21.5 Å². The molecule has 0 spiro atoms. The van der Waals surface area contributed by atoms with Crippen molar-refractivity contribution in [2.75, 3.05) is 12.4 Å². The molecule has 2 aromatic rings. The van der Waals surface area contributed by atoms with Gasteiger partial charge in [-0.3, -0.25) is 10.1 Å². The van der Waals surface area contributed by atoms with Gasteiger partial charge < -0.3 is 10.1 Å². The minimum absolute atomic E-state index is 0.0501. The number of rotatable bonds is 5. The second-order valence-electron chi connectivity index (χ2n) is 4.80. The van der Waals surface area contributed by atoms with Crippen LogP contribution in [0.3, 0.4) is 0 Å². The van der Waals surface area contributed by atoms with Crippen molar-refractivity contribution in [1.29, 1.82) is 0 Å². The summed E-state index contributed by atoms with van der Waals surface area (Å²) < 4.78 is 4.64. The van der Waals surface area contributed by atoms with E-state index in [1.54, 1.807) is 18.2 Å². The Morgan fingerprint density at radius 1 is 1.23 bits per heavy atom. The third-order valence-corrected chi connectivity index (χ3v) is 3.29. The molecule has 0 unspecified atom stereocenters. The molecule has 0 aliphatic heterocycles. The van der Waals surface area contributed by atoms with Gasteiger partial charge in [0, 0.05) is 24.4 Å². The number of benzene rings is 2. The largest absolute Gasteiger partial charge is 0.465 e. The van der Waals surface area contributed by atoms with Crippen molar-refractivity contribution >= 4 is 17.3 Å². The maximum atomic E-state index is 11.3. The number of carbonyl (C=O) groups excluding carboxylic acids is 1. The minimum atomic E-state index is -0.421. The smallest absolute Gasteiger partial charge is 0.337 e. The predicted octanol–water partition coefficient (Wildman–Crippen LogP) is 3.30. The zero-order valence-electron chi connectivity index (χ0n) is 12.3. The molecule has 0 bridgehead atoms. The average Bonchev–Trinajstić information content (AvgIpc) is 2.53. The summed E-state index contributed by atoms with van der Waals surface area (Å²) in [4.78, 5) is 21.7. The van der Waals surface area contributed by atoms with Gasteiger partial charge >= 0.3 is 5.97 Å². The van der Waals surface area contributed by atoms with Crippen molar-refractivity contribution in [1.82, 2.24) is 0 Å². The van der Waals surface area contributed by atoms with E-state index in [0.29, 0.717) is 17.8 Å². The zero-order chi connectivity index (χ0) is 16.1. The Morgan fingerprint density at radius 2 is 1.91 bits per heavy atom. The highest BCUT2D eigenvalue weighted by Gasteiger charge is 2.09. The van der Waals surface area contributed by atoms with E-state index in [1.165, 1.54) is 19.2 Å². The zero-order valence-corrected chi connectivity index (χ0v) is 12.3. The number of hydrogen-bond donors (Lipinski definition) is 1. The average molecular weight is 300 g/mol. The Bertz CT molecular complexity index is 696. The number of anilines is 1. The van der Waals surface area contributed by atoms with E-state index in [4.69, 9.17) is 0 Å². The van der Waals surface area contributed by atoms with E-state index in [1.807, 2.05) is 19.1 Å². The van der Waals surface area contributed by atoms with Crippen molar-refractivity contribution in [3.8, 4) is 0 Å². The SMILES string of the molecule is COC(=O)c1ccc(CNc2cc([N+](=O)[O-])ccc2C)cc1. The molecule has 1 N–H and O–H groups in total. The molecular formula is C16H16N2O4. The van der Waals surface area contributed by atoms with Gasteiger partial charge in [-0.15, -0.1) is 0 Å². The molecule has 0 aromatic heterocycles. The molecule has 0 aliphatic carbocycles. The molecule has 2 rings (SSSR count). The van der Waals surface area contributed by atoms with E-state index >= 15 is 0 Å². The molecule has 0 saturated carbocycles. The first-order valence-corrected chi connectivity index (χ1v) is 6.67. The van der Waals surface area contributed by atoms with Crippen LogP contribution in [0.15, 0.2) is 42.5 Å². The standard InChI is InChI=1S/C16H16N2O4/c1-11-3-8-14(18(20)21)9-15(11)17-10-12-4-6-13(7-5-12)16(19)22-2/h3-9,17H,10H2,1-2H3. The van der Waals surface area contributed by atoms with Gasteiger partial charge in [0.2, 0.25) is 0 Å². The molecule has 0 saturated heterocycles. The van der Waals surface area contributed by atoms with Crippen LogP contribution in [0, 0.1) is 17.0 Å². The number of nitrogens with one attached hydrogen (secondary N) is 1. The van der Waals surface area contributed by atoms with Gasteiger partial charge in [0.15, 0.2) is 0 Å². The monoisotopic (exact) mass is 300 g/mol. The number of nitrogens with zero attached hydrogens (tertiary/aromatic N) is 1. The second kappa shape index (κ2) is 6.71. The van der Waals surface area contributed by atoms with E-state index < -0.39 is 4.92 Å². The quantitative estimate of drug-likeness (QED) is 0.520. The van der Waals surface area contributed by atoms with Crippen molar-refractivity contribution in [2.45, 2.75) is 13.5 Å². The number of esters is 1. The molecular weight excluding hydrogens is 284 g/mol. The van der Waals surface area contributed by atoms with E-state index in [9.17, 15) is 14.9 Å². The molecule has 0 radical (unpaired) electrons. The summed E-state index contributed by atoms with van der Waals surface area (Å²) in [6.45, 7) is 2.38. The molecule has 0 heterocycles. The summed E-state index contributed by atoms with van der Waals surface area (Å²) in [6, 6.07) is 11.7. The molecule has 0 fully saturated rings. The lowest BCUT2D eigenvalue weighted by atomic mass is 10.1. The molecule has 22 heavy (non-hydrogen) atoms. The van der Waals surface area contributed by atoms with Gasteiger partial charge in [-0.2, -0.15) is 0 Å². The normalized spacial score (nSPS) is 10.1. The summed E-state index contributed by atoms with van der Waals surface area (Å²) in [7, 11) is 1.34. The third kappa shape index (κ3) is 3.60. The van der Waals surface area contributed by atoms with E-state index in [2.05, 4.69) is 10.1 Å². The molecule has 6 nitrogen and oxygen atoms in total. The van der Waals surface area contributed by atoms with Gasteiger partial charge in [0.05, 0.1) is 17.6 Å². The van der Waals surface area contributed by atoms with Crippen LogP contribution in [-0.2, 0) is 11.3 Å². The van der Waals surface area contributed by atoms with Gasteiger partial charge in [0.1, 0.15) is 0 Å². The van der Waals surface area contributed by atoms with Crippen LogP contribution in [0.2, 0.25) is 0 Å². The highest BCUT2D eigenvalue weighted by Crippen LogP contribution is 2.22. The lowest BCUT2D eigenvalue weighted by Crippen LogP contribution is -2.04. The fraction of sp³-hybridized carbons (Fsp3) is 0.188.